The van der Waals surface area contributed by atoms with Gasteiger partial charge in [-0.25, -0.2) is 0 Å². The molecule has 1 N–H and O–H groups in total. The molecule has 0 saturated carbocycles. The quantitative estimate of drug-likeness (QED) is 0.674. The molecule has 0 bridgehead atoms. The first-order valence-corrected chi connectivity index (χ1v) is 5.04. The average Bonchev–Trinajstić information content (AvgIpc) is 2.24. The molecule has 1 rings (SSSR count). The fraction of sp³-hybridized carbons (Fsp3) is 0.364. The Balaban J connectivity index is 3.57. The van der Waals surface area contributed by atoms with E-state index in [1.807, 2.05) is 0 Å². The highest BCUT2D eigenvalue weighted by molar-refractivity contribution is 5.73. The lowest BCUT2D eigenvalue weighted by atomic mass is 9.97. The van der Waals surface area contributed by atoms with Crippen LogP contribution in [0.3, 0.4) is 0 Å². The number of carbonyl (C=O) groups excluding carboxylic acids is 1. The zero-order chi connectivity index (χ0) is 15.7. The summed E-state index contributed by atoms with van der Waals surface area (Å²) in [7, 11) is 0.878. The molecule has 0 aliphatic carbocycles. The van der Waals surface area contributed by atoms with Gasteiger partial charge in [0.25, 0.3) is 0 Å². The standard InChI is InChI=1S/C11H8F6O3/c1-20-8(19)3-5-2-6(18)4-7(10(12,13)14)9(5)11(15,16)17/h2,4,18H,3H2,1H3. The molecular weight excluding hydrogens is 294 g/mol. The summed E-state index contributed by atoms with van der Waals surface area (Å²) in [5, 5.41) is 9.11. The van der Waals surface area contributed by atoms with E-state index in [-0.39, 0.29) is 6.07 Å². The highest BCUT2D eigenvalue weighted by Gasteiger charge is 2.45. The number of aromatic hydroxyl groups is 1. The van der Waals surface area contributed by atoms with E-state index in [0.29, 0.717) is 6.07 Å². The summed E-state index contributed by atoms with van der Waals surface area (Å²) in [6.07, 6.45) is -11.7. The van der Waals surface area contributed by atoms with Crippen molar-refractivity contribution in [2.45, 2.75) is 18.8 Å². The van der Waals surface area contributed by atoms with Gasteiger partial charge in [0.2, 0.25) is 0 Å². The van der Waals surface area contributed by atoms with Gasteiger partial charge in [0.15, 0.2) is 0 Å². The van der Waals surface area contributed by atoms with Gasteiger partial charge in [0.05, 0.1) is 24.7 Å². The highest BCUT2D eigenvalue weighted by Crippen LogP contribution is 2.43. The summed E-state index contributed by atoms with van der Waals surface area (Å²) < 4.78 is 80.4. The third kappa shape index (κ3) is 3.55. The lowest BCUT2D eigenvalue weighted by Gasteiger charge is -2.19. The van der Waals surface area contributed by atoms with Crippen molar-refractivity contribution in [2.75, 3.05) is 7.11 Å². The summed E-state index contributed by atoms with van der Waals surface area (Å²) >= 11 is 0. The van der Waals surface area contributed by atoms with Crippen molar-refractivity contribution in [3.63, 3.8) is 0 Å². The Morgan fingerprint density at radius 1 is 1.15 bits per heavy atom. The molecule has 0 amide bonds. The van der Waals surface area contributed by atoms with Gasteiger partial charge in [-0.15, -0.1) is 0 Å². The number of halogens is 6. The van der Waals surface area contributed by atoms with E-state index in [2.05, 4.69) is 4.74 Å². The van der Waals surface area contributed by atoms with Gasteiger partial charge >= 0.3 is 18.3 Å². The largest absolute Gasteiger partial charge is 0.508 e. The first-order valence-electron chi connectivity index (χ1n) is 5.04. The Morgan fingerprint density at radius 3 is 2.10 bits per heavy atom. The summed E-state index contributed by atoms with van der Waals surface area (Å²) in [5.41, 5.74) is -5.06. The Morgan fingerprint density at radius 2 is 1.70 bits per heavy atom. The molecule has 1 aromatic rings. The summed E-state index contributed by atoms with van der Waals surface area (Å²) in [6.45, 7) is 0. The van der Waals surface area contributed by atoms with Crippen molar-refractivity contribution in [1.29, 1.82) is 0 Å². The van der Waals surface area contributed by atoms with E-state index in [1.54, 1.807) is 0 Å². The predicted molar refractivity (Wildman–Crippen MR) is 53.8 cm³/mol. The zero-order valence-corrected chi connectivity index (χ0v) is 9.89. The molecule has 0 heterocycles. The van der Waals surface area contributed by atoms with Crippen molar-refractivity contribution in [1.82, 2.24) is 0 Å². The van der Waals surface area contributed by atoms with Gasteiger partial charge in [-0.2, -0.15) is 26.3 Å². The minimum atomic E-state index is -5.33. The van der Waals surface area contributed by atoms with Crippen LogP contribution >= 0.6 is 0 Å². The molecule has 0 spiro atoms. The average molecular weight is 302 g/mol. The van der Waals surface area contributed by atoms with Crippen LogP contribution in [-0.2, 0) is 28.3 Å². The molecule has 112 valence electrons. The number of hydrogen-bond donors (Lipinski definition) is 1. The Kier molecular flexibility index (Phi) is 4.21. The van der Waals surface area contributed by atoms with Crippen LogP contribution in [0.4, 0.5) is 26.3 Å². The fourth-order valence-electron chi connectivity index (χ4n) is 1.61. The molecular formula is C11H8F6O3. The third-order valence-corrected chi connectivity index (χ3v) is 2.36. The van der Waals surface area contributed by atoms with Gasteiger partial charge in [0.1, 0.15) is 5.75 Å². The minimum Gasteiger partial charge on any atom is -0.508 e. The molecule has 0 aliphatic rings. The molecule has 0 saturated heterocycles. The van der Waals surface area contributed by atoms with Crippen molar-refractivity contribution >= 4 is 5.97 Å². The summed E-state index contributed by atoms with van der Waals surface area (Å²) in [6, 6.07) is 0.415. The minimum absolute atomic E-state index is 0.0381. The third-order valence-electron chi connectivity index (χ3n) is 2.36. The molecule has 3 nitrogen and oxygen atoms in total. The first kappa shape index (κ1) is 16.1. The van der Waals surface area contributed by atoms with Crippen LogP contribution in [0.2, 0.25) is 0 Å². The number of rotatable bonds is 2. The summed E-state index contributed by atoms with van der Waals surface area (Å²) in [4.78, 5) is 11.0. The number of methoxy groups -OCH3 is 1. The van der Waals surface area contributed by atoms with E-state index in [1.165, 1.54) is 0 Å². The van der Waals surface area contributed by atoms with Gasteiger partial charge in [0, 0.05) is 0 Å². The second-order valence-electron chi connectivity index (χ2n) is 3.78. The van der Waals surface area contributed by atoms with Gasteiger partial charge < -0.3 is 9.84 Å². The van der Waals surface area contributed by atoms with Crippen molar-refractivity contribution in [2.24, 2.45) is 0 Å². The molecule has 1 aromatic carbocycles. The number of ether oxygens (including phenoxy) is 1. The summed E-state index contributed by atoms with van der Waals surface area (Å²) in [5.74, 6) is -2.18. The number of esters is 1. The van der Waals surface area contributed by atoms with E-state index >= 15 is 0 Å². The van der Waals surface area contributed by atoms with Crippen LogP contribution in [0.5, 0.6) is 5.75 Å². The number of phenols is 1. The van der Waals surface area contributed by atoms with Crippen molar-refractivity contribution in [3.05, 3.63) is 28.8 Å². The SMILES string of the molecule is COC(=O)Cc1cc(O)cc(C(F)(F)F)c1C(F)(F)F. The highest BCUT2D eigenvalue weighted by atomic mass is 19.4. The van der Waals surface area contributed by atoms with E-state index < -0.39 is 47.2 Å². The molecule has 0 fully saturated rings. The number of phenolic OH excluding ortho intramolecular Hbond substituents is 1. The molecule has 0 atom stereocenters. The first-order chi connectivity index (χ1) is 8.96. The zero-order valence-electron chi connectivity index (χ0n) is 9.89. The van der Waals surface area contributed by atoms with Crippen LogP contribution in [0, 0.1) is 0 Å². The molecule has 0 radical (unpaired) electrons. The van der Waals surface area contributed by atoms with Crippen LogP contribution < -0.4 is 0 Å². The number of benzene rings is 1. The van der Waals surface area contributed by atoms with E-state index in [0.717, 1.165) is 7.11 Å². The van der Waals surface area contributed by atoms with Gasteiger partial charge in [-0.1, -0.05) is 0 Å². The van der Waals surface area contributed by atoms with Crippen molar-refractivity contribution in [3.8, 4) is 5.75 Å². The Bertz CT molecular complexity index is 518. The van der Waals surface area contributed by atoms with Gasteiger partial charge in [-0.3, -0.25) is 4.79 Å². The molecule has 9 heteroatoms. The second kappa shape index (κ2) is 5.22. The lowest BCUT2D eigenvalue weighted by Crippen LogP contribution is -2.20. The number of hydrogen-bond acceptors (Lipinski definition) is 3. The number of alkyl halides is 6. The normalized spacial score (nSPS) is 12.3. The smallest absolute Gasteiger partial charge is 0.417 e. The second-order valence-corrected chi connectivity index (χ2v) is 3.78. The molecule has 0 aromatic heterocycles. The molecule has 20 heavy (non-hydrogen) atoms. The Hall–Kier alpha value is -1.93. The van der Waals surface area contributed by atoms with Crippen LogP contribution in [0.25, 0.3) is 0 Å². The van der Waals surface area contributed by atoms with Crippen LogP contribution in [0.15, 0.2) is 12.1 Å². The van der Waals surface area contributed by atoms with Crippen LogP contribution in [-0.4, -0.2) is 18.2 Å². The maximum Gasteiger partial charge on any atom is 0.417 e. The van der Waals surface area contributed by atoms with Crippen LogP contribution in [0.1, 0.15) is 16.7 Å². The predicted octanol–water partition coefficient (Wildman–Crippen LogP) is 3.15. The number of carbonyl (C=O) groups is 1. The molecule has 0 aliphatic heterocycles. The fourth-order valence-corrected chi connectivity index (χ4v) is 1.61. The maximum absolute atomic E-state index is 12.8. The van der Waals surface area contributed by atoms with E-state index in [9.17, 15) is 31.1 Å². The monoisotopic (exact) mass is 302 g/mol. The van der Waals surface area contributed by atoms with Crippen molar-refractivity contribution < 1.29 is 41.0 Å². The molecule has 0 unspecified atom stereocenters. The van der Waals surface area contributed by atoms with E-state index in [4.69, 9.17) is 5.11 Å². The topological polar surface area (TPSA) is 46.5 Å². The maximum atomic E-state index is 12.8. The Labute approximate surface area is 108 Å². The van der Waals surface area contributed by atoms with Gasteiger partial charge in [-0.05, 0) is 17.7 Å². The lowest BCUT2D eigenvalue weighted by molar-refractivity contribution is -0.162.